The van der Waals surface area contributed by atoms with Gasteiger partial charge in [0.15, 0.2) is 0 Å². The maximum atomic E-state index is 11.9. The molecule has 23 heavy (non-hydrogen) atoms. The molecule has 1 saturated heterocycles. The molecule has 0 aromatic carbocycles. The monoisotopic (exact) mass is 337 g/mol. The van der Waals surface area contributed by atoms with Crippen LogP contribution < -0.4 is 5.32 Å². The van der Waals surface area contributed by atoms with Crippen molar-refractivity contribution in [1.29, 1.82) is 0 Å². The number of aliphatic hydroxyl groups is 4. The summed E-state index contributed by atoms with van der Waals surface area (Å²) in [5, 5.41) is 41.4. The molecule has 10 heteroatoms. The first-order valence-electron chi connectivity index (χ1n) is 6.96. The van der Waals surface area contributed by atoms with Gasteiger partial charge in [-0.3, -0.25) is 4.79 Å². The molecule has 0 unspecified atom stereocenters. The van der Waals surface area contributed by atoms with E-state index in [-0.39, 0.29) is 6.42 Å². The van der Waals surface area contributed by atoms with Crippen LogP contribution in [0.1, 0.15) is 13.3 Å². The summed E-state index contributed by atoms with van der Waals surface area (Å²) < 4.78 is 15.1. The summed E-state index contributed by atoms with van der Waals surface area (Å²) in [6.07, 6.45) is -6.44. The third-order valence-corrected chi connectivity index (χ3v) is 3.69. The zero-order chi connectivity index (χ0) is 17.8. The fraction of sp³-hybridized carbons (Fsp3) is 0.846. The second kappa shape index (κ2) is 7.99. The van der Waals surface area contributed by atoms with Crippen molar-refractivity contribution in [1.82, 2.24) is 5.32 Å². The van der Waals surface area contributed by atoms with Crippen molar-refractivity contribution in [3.05, 3.63) is 0 Å². The topological polar surface area (TPSA) is 155 Å². The summed E-state index contributed by atoms with van der Waals surface area (Å²) in [5.41, 5.74) is 0. The number of carbonyl (C=O) groups is 2. The van der Waals surface area contributed by atoms with Gasteiger partial charge in [0.05, 0.1) is 25.9 Å². The summed E-state index contributed by atoms with van der Waals surface area (Å²) >= 11 is 0. The number of methoxy groups -OCH3 is 2. The van der Waals surface area contributed by atoms with Crippen LogP contribution in [0.4, 0.5) is 0 Å². The van der Waals surface area contributed by atoms with Crippen LogP contribution in [0.2, 0.25) is 0 Å². The first-order chi connectivity index (χ1) is 10.7. The quantitative estimate of drug-likeness (QED) is 0.316. The third-order valence-electron chi connectivity index (χ3n) is 3.69. The van der Waals surface area contributed by atoms with Gasteiger partial charge in [-0.25, -0.2) is 4.79 Å². The fourth-order valence-corrected chi connectivity index (χ4v) is 2.49. The van der Waals surface area contributed by atoms with Crippen LogP contribution in [0.25, 0.3) is 0 Å². The summed E-state index contributed by atoms with van der Waals surface area (Å²) in [5.74, 6) is -3.48. The van der Waals surface area contributed by atoms with E-state index in [1.54, 1.807) is 0 Å². The van der Waals surface area contributed by atoms with Gasteiger partial charge in [0.25, 0.3) is 5.79 Å². The van der Waals surface area contributed by atoms with Gasteiger partial charge in [0.1, 0.15) is 18.3 Å². The van der Waals surface area contributed by atoms with E-state index in [1.807, 2.05) is 0 Å². The molecular weight excluding hydrogens is 314 g/mol. The van der Waals surface area contributed by atoms with Crippen molar-refractivity contribution >= 4 is 11.9 Å². The maximum Gasteiger partial charge on any atom is 0.366 e. The Balaban J connectivity index is 3.17. The zero-order valence-corrected chi connectivity index (χ0v) is 13.1. The molecule has 0 radical (unpaired) electrons. The Morgan fingerprint density at radius 2 is 2.00 bits per heavy atom. The Hall–Kier alpha value is -1.30. The average Bonchev–Trinajstić information content (AvgIpc) is 2.53. The number of carbonyl (C=O) groups excluding carboxylic acids is 2. The van der Waals surface area contributed by atoms with Crippen molar-refractivity contribution in [2.45, 2.75) is 49.6 Å². The van der Waals surface area contributed by atoms with E-state index in [0.717, 1.165) is 14.2 Å². The summed E-state index contributed by atoms with van der Waals surface area (Å²) in [6.45, 7) is 0.402. The Kier molecular flexibility index (Phi) is 6.86. The number of esters is 1. The molecule has 0 aromatic rings. The average molecular weight is 337 g/mol. The van der Waals surface area contributed by atoms with Gasteiger partial charge in [0, 0.05) is 20.5 Å². The van der Waals surface area contributed by atoms with Crippen LogP contribution in [-0.4, -0.2) is 89.4 Å². The van der Waals surface area contributed by atoms with Gasteiger partial charge in [-0.2, -0.15) is 0 Å². The lowest BCUT2D eigenvalue weighted by Gasteiger charge is -2.46. The molecule has 0 aliphatic carbocycles. The second-order valence-electron chi connectivity index (χ2n) is 5.27. The molecule has 1 aliphatic rings. The first-order valence-corrected chi connectivity index (χ1v) is 6.96. The van der Waals surface area contributed by atoms with Crippen LogP contribution in [0.15, 0.2) is 0 Å². The molecule has 0 aromatic heterocycles. The molecule has 1 fully saturated rings. The first kappa shape index (κ1) is 19.7. The van der Waals surface area contributed by atoms with Crippen LogP contribution >= 0.6 is 0 Å². The summed E-state index contributed by atoms with van der Waals surface area (Å²) in [4.78, 5) is 23.2. The minimum atomic E-state index is -2.01. The highest BCUT2D eigenvalue weighted by Crippen LogP contribution is 2.33. The molecular formula is C13H23NO9. The Morgan fingerprint density at radius 1 is 1.39 bits per heavy atom. The fourth-order valence-electron chi connectivity index (χ4n) is 2.49. The molecule has 1 heterocycles. The molecule has 1 rings (SSSR count). The molecule has 5 N–H and O–H groups in total. The smallest absolute Gasteiger partial charge is 0.366 e. The maximum absolute atomic E-state index is 11.9. The number of rotatable bonds is 6. The molecule has 134 valence electrons. The van der Waals surface area contributed by atoms with Crippen molar-refractivity contribution in [3.8, 4) is 0 Å². The molecule has 1 aliphatic heterocycles. The van der Waals surface area contributed by atoms with Gasteiger partial charge < -0.3 is 40.0 Å². The van der Waals surface area contributed by atoms with Crippen LogP contribution in [0, 0.1) is 0 Å². The lowest BCUT2D eigenvalue weighted by molar-refractivity contribution is -0.305. The molecule has 0 saturated carbocycles. The van der Waals surface area contributed by atoms with Crippen molar-refractivity contribution < 1.29 is 44.2 Å². The highest BCUT2D eigenvalue weighted by atomic mass is 16.7. The summed E-state index contributed by atoms with van der Waals surface area (Å²) in [7, 11) is 2.24. The molecule has 10 nitrogen and oxygen atoms in total. The van der Waals surface area contributed by atoms with Gasteiger partial charge in [0.2, 0.25) is 5.91 Å². The van der Waals surface area contributed by atoms with Crippen molar-refractivity contribution in [2.75, 3.05) is 20.8 Å². The number of hydrogen-bond donors (Lipinski definition) is 5. The number of hydrogen-bond acceptors (Lipinski definition) is 9. The molecule has 1 amide bonds. The van der Waals surface area contributed by atoms with Crippen molar-refractivity contribution in [3.63, 3.8) is 0 Å². The Bertz CT molecular complexity index is 432. The predicted octanol–water partition coefficient (Wildman–Crippen LogP) is -3.13. The highest BCUT2D eigenvalue weighted by molar-refractivity contribution is 5.78. The van der Waals surface area contributed by atoms with Gasteiger partial charge in [-0.15, -0.1) is 0 Å². The van der Waals surface area contributed by atoms with Gasteiger partial charge in [-0.05, 0) is 0 Å². The number of aliphatic hydroxyl groups excluding tert-OH is 4. The van der Waals surface area contributed by atoms with Gasteiger partial charge in [-0.1, -0.05) is 0 Å². The van der Waals surface area contributed by atoms with E-state index in [9.17, 15) is 24.9 Å². The minimum Gasteiger partial charge on any atom is -0.465 e. The highest BCUT2D eigenvalue weighted by Gasteiger charge is 2.55. The standard InChI is InChI=1S/C13H23NO9/c1-6(16)14-9-7(17)4-13(22-3,12(20)21-2)23-11(9)10(19)8(18)5-15/h7-11,15,17-19H,4-5H2,1-3H3,(H,14,16)/t7-,8+,9-,10+,11+,13-/m0/s1. The predicted molar refractivity (Wildman–Crippen MR) is 74.0 cm³/mol. The number of amides is 1. The summed E-state index contributed by atoms with van der Waals surface area (Å²) in [6, 6.07) is -1.13. The second-order valence-corrected chi connectivity index (χ2v) is 5.27. The minimum absolute atomic E-state index is 0.362. The lowest BCUT2D eigenvalue weighted by atomic mass is 9.88. The molecule has 0 spiro atoms. The SMILES string of the molecule is COC(=O)[C@]1(OC)C[C@H](O)[C@H](NC(C)=O)[C@H]([C@H](O)[C@H](O)CO)O1. The van der Waals surface area contributed by atoms with E-state index < -0.39 is 54.7 Å². The number of nitrogens with one attached hydrogen (secondary N) is 1. The number of ether oxygens (including phenoxy) is 3. The Labute approximate surface area is 133 Å². The van der Waals surface area contributed by atoms with E-state index in [2.05, 4.69) is 10.1 Å². The lowest BCUT2D eigenvalue weighted by Crippen LogP contribution is -2.67. The van der Waals surface area contributed by atoms with E-state index in [1.165, 1.54) is 6.92 Å². The molecule has 0 bridgehead atoms. The zero-order valence-electron chi connectivity index (χ0n) is 13.1. The van der Waals surface area contributed by atoms with E-state index >= 15 is 0 Å². The normalized spacial score (nSPS) is 33.6. The van der Waals surface area contributed by atoms with Crippen LogP contribution in [0.3, 0.4) is 0 Å². The largest absolute Gasteiger partial charge is 0.465 e. The van der Waals surface area contributed by atoms with Gasteiger partial charge >= 0.3 is 5.97 Å². The van der Waals surface area contributed by atoms with E-state index in [0.29, 0.717) is 0 Å². The van der Waals surface area contributed by atoms with E-state index in [4.69, 9.17) is 14.6 Å². The Morgan fingerprint density at radius 3 is 2.43 bits per heavy atom. The van der Waals surface area contributed by atoms with Crippen LogP contribution in [-0.2, 0) is 23.8 Å². The third kappa shape index (κ3) is 4.16. The van der Waals surface area contributed by atoms with Crippen molar-refractivity contribution in [2.24, 2.45) is 0 Å². The molecule has 6 atom stereocenters. The van der Waals surface area contributed by atoms with Crippen LogP contribution in [0.5, 0.6) is 0 Å².